The Kier molecular flexibility index (Phi) is 8.34. The van der Waals surface area contributed by atoms with Gasteiger partial charge >= 0.3 is 59.1 Å². The number of carbonyl (C=O) groups excluding carboxylic acids is 1. The summed E-state index contributed by atoms with van der Waals surface area (Å²) in [7, 11) is 0. The van der Waals surface area contributed by atoms with E-state index in [-0.39, 0.29) is 65.1 Å². The Hall–Kier alpha value is -1.15. The second kappa shape index (κ2) is 9.52. The molecule has 2 aromatic carbocycles. The van der Waals surface area contributed by atoms with Crippen molar-refractivity contribution in [2.24, 2.45) is 5.73 Å². The molecule has 1 heterocycles. The molecule has 0 saturated heterocycles. The van der Waals surface area contributed by atoms with E-state index in [0.717, 1.165) is 34.9 Å². The molecule has 6 nitrogen and oxygen atoms in total. The molecule has 0 unspecified atom stereocenters. The van der Waals surface area contributed by atoms with Gasteiger partial charge in [0.25, 0.3) is 0 Å². The molecule has 0 bridgehead atoms. The van der Waals surface area contributed by atoms with Crippen LogP contribution in [-0.4, -0.2) is 75.0 Å². The van der Waals surface area contributed by atoms with Crippen molar-refractivity contribution in [2.45, 2.75) is 12.8 Å². The Bertz CT molecular complexity index is 901. The van der Waals surface area contributed by atoms with E-state index in [9.17, 15) is 4.79 Å². The predicted molar refractivity (Wildman–Crippen MR) is 105 cm³/mol. The number of nitrogens with zero attached hydrogens (tertiary/aromatic N) is 2. The maximum absolute atomic E-state index is 11.2. The summed E-state index contributed by atoms with van der Waals surface area (Å²) in [5.41, 5.74) is 20.2. The van der Waals surface area contributed by atoms with Crippen LogP contribution in [0.1, 0.15) is 21.5 Å². The molecule has 6 N–H and O–H groups in total. The first-order valence-corrected chi connectivity index (χ1v) is 7.23. The van der Waals surface area contributed by atoms with Gasteiger partial charge in [0.2, 0.25) is 11.9 Å². The van der Waals surface area contributed by atoms with E-state index >= 15 is 0 Å². The number of hydrogen-bond acceptors (Lipinski definition) is 5. The fraction of sp³-hybridized carbons (Fsp3) is 0.118. The summed E-state index contributed by atoms with van der Waals surface area (Å²) in [4.78, 5) is 19.4. The van der Waals surface area contributed by atoms with Crippen LogP contribution in [0.4, 0.5) is 11.8 Å². The number of carbonyl (C=O) groups is 1. The molecule has 0 spiro atoms. The van der Waals surface area contributed by atoms with Crippen molar-refractivity contribution in [1.29, 1.82) is 0 Å². The van der Waals surface area contributed by atoms with Crippen molar-refractivity contribution < 1.29 is 4.79 Å². The number of amides is 1. The summed E-state index contributed by atoms with van der Waals surface area (Å²) in [6, 6.07) is 13.2. The zero-order chi connectivity index (χ0) is 16.4. The van der Waals surface area contributed by atoms with Crippen molar-refractivity contribution in [1.82, 2.24) is 9.97 Å². The second-order valence-electron chi connectivity index (χ2n) is 5.38. The Morgan fingerprint density at radius 1 is 0.920 bits per heavy atom. The van der Waals surface area contributed by atoms with Crippen LogP contribution in [-0.2, 0) is 12.8 Å². The number of anilines is 2. The van der Waals surface area contributed by atoms with Crippen molar-refractivity contribution in [2.75, 3.05) is 11.5 Å². The van der Waals surface area contributed by atoms with Gasteiger partial charge in [-0.3, -0.25) is 4.79 Å². The molecule has 0 aliphatic heterocycles. The van der Waals surface area contributed by atoms with Gasteiger partial charge in [0.15, 0.2) is 0 Å². The van der Waals surface area contributed by atoms with Gasteiger partial charge in [-0.25, -0.2) is 4.98 Å². The van der Waals surface area contributed by atoms with Crippen molar-refractivity contribution in [3.8, 4) is 0 Å². The molecule has 3 rings (SSSR count). The fourth-order valence-corrected chi connectivity index (χ4v) is 2.54. The van der Waals surface area contributed by atoms with Crippen LogP contribution in [0.25, 0.3) is 10.9 Å². The topological polar surface area (TPSA) is 121 Å². The first-order chi connectivity index (χ1) is 11.0. The van der Waals surface area contributed by atoms with Gasteiger partial charge in [0, 0.05) is 10.9 Å². The summed E-state index contributed by atoms with van der Waals surface area (Å²) in [5, 5.41) is 0.794. The van der Waals surface area contributed by atoms with Crippen LogP contribution in [0.15, 0.2) is 42.5 Å². The summed E-state index contributed by atoms with van der Waals surface area (Å²) < 4.78 is 0. The van der Waals surface area contributed by atoms with Crippen molar-refractivity contribution in [3.05, 3.63) is 59.2 Å². The normalized spacial score (nSPS) is 9.92. The molecule has 0 radical (unpaired) electrons. The van der Waals surface area contributed by atoms with Crippen LogP contribution in [0, 0.1) is 0 Å². The Labute approximate surface area is 190 Å². The van der Waals surface area contributed by atoms with Gasteiger partial charge in [-0.2, -0.15) is 4.98 Å². The van der Waals surface area contributed by atoms with Crippen LogP contribution in [0.5, 0.6) is 0 Å². The van der Waals surface area contributed by atoms with E-state index in [0.29, 0.717) is 11.4 Å². The summed E-state index contributed by atoms with van der Waals surface area (Å²) in [6.07, 6.45) is 1.60. The van der Waals surface area contributed by atoms with E-state index in [1.807, 2.05) is 36.4 Å². The number of fused-ring (bicyclic) bond motifs is 1. The quantitative estimate of drug-likeness (QED) is 0.584. The van der Waals surface area contributed by atoms with E-state index in [1.165, 1.54) is 0 Å². The standard InChI is InChI=1S/C17H17N5O.2Na.2H/c18-15-13-9-11(6-7-14(13)21-17(20)22-15)5-4-10-2-1-3-12(8-10)16(19)23;;;;/h1-3,6-9H,4-5H2,(H2,19,23)(H4,18,20,21,22);;;;. The van der Waals surface area contributed by atoms with Gasteiger partial charge in [0.1, 0.15) is 5.82 Å². The minimum absolute atomic E-state index is 0. The number of hydrogen-bond donors (Lipinski definition) is 3. The molecule has 1 aromatic heterocycles. The van der Waals surface area contributed by atoms with Crippen LogP contribution < -0.4 is 17.2 Å². The van der Waals surface area contributed by atoms with Crippen LogP contribution >= 0.6 is 0 Å². The molecule has 0 saturated carbocycles. The van der Waals surface area contributed by atoms with Crippen molar-refractivity contribution >= 4 is 87.7 Å². The Morgan fingerprint density at radius 2 is 1.60 bits per heavy atom. The zero-order valence-corrected chi connectivity index (χ0v) is 12.5. The van der Waals surface area contributed by atoms with Gasteiger partial charge in [-0.15, -0.1) is 0 Å². The number of aromatic nitrogens is 2. The molecule has 0 aliphatic rings. The third kappa shape index (κ3) is 5.41. The molecule has 25 heavy (non-hydrogen) atoms. The molecular weight excluding hydrogens is 336 g/mol. The minimum atomic E-state index is -0.417. The van der Waals surface area contributed by atoms with Gasteiger partial charge in [0.05, 0.1) is 5.52 Å². The molecule has 0 atom stereocenters. The maximum atomic E-state index is 11.2. The summed E-state index contributed by atoms with van der Waals surface area (Å²) >= 11 is 0. The van der Waals surface area contributed by atoms with Crippen LogP contribution in [0.2, 0.25) is 0 Å². The average molecular weight is 355 g/mol. The van der Waals surface area contributed by atoms with Gasteiger partial charge in [-0.1, -0.05) is 18.2 Å². The third-order valence-electron chi connectivity index (χ3n) is 3.72. The van der Waals surface area contributed by atoms with Crippen molar-refractivity contribution in [3.63, 3.8) is 0 Å². The SMILES string of the molecule is NC(=O)c1cccc(CCc2ccc3nc(N)nc(N)c3c2)c1.[NaH].[NaH]. The molecule has 3 aromatic rings. The molecule has 0 fully saturated rings. The molecule has 0 aliphatic carbocycles. The van der Waals surface area contributed by atoms with Gasteiger partial charge in [-0.05, 0) is 48.2 Å². The van der Waals surface area contributed by atoms with E-state index in [4.69, 9.17) is 17.2 Å². The van der Waals surface area contributed by atoms with E-state index in [1.54, 1.807) is 6.07 Å². The number of nitrogens with two attached hydrogens (primary N) is 3. The number of benzene rings is 2. The van der Waals surface area contributed by atoms with E-state index < -0.39 is 5.91 Å². The van der Waals surface area contributed by atoms with E-state index in [2.05, 4.69) is 9.97 Å². The number of aryl methyl sites for hydroxylation is 2. The monoisotopic (exact) mass is 355 g/mol. The number of primary amides is 1. The number of nitrogen functional groups attached to an aromatic ring is 2. The average Bonchev–Trinajstić information content (AvgIpc) is 2.53. The fourth-order valence-electron chi connectivity index (χ4n) is 2.54. The zero-order valence-electron chi connectivity index (χ0n) is 12.5. The predicted octanol–water partition coefficient (Wildman–Crippen LogP) is 0.381. The molecule has 8 heteroatoms. The molecular formula is C17H19N5Na2O. The summed E-state index contributed by atoms with van der Waals surface area (Å²) in [6.45, 7) is 0. The first kappa shape index (κ1) is 21.9. The molecule has 1 amide bonds. The first-order valence-electron chi connectivity index (χ1n) is 7.23. The molecule has 120 valence electrons. The second-order valence-corrected chi connectivity index (χ2v) is 5.38. The Morgan fingerprint density at radius 3 is 2.28 bits per heavy atom. The summed E-state index contributed by atoms with van der Waals surface area (Å²) in [5.74, 6) is 0.135. The Balaban J connectivity index is 0.00000156. The van der Waals surface area contributed by atoms with Gasteiger partial charge < -0.3 is 17.2 Å². The number of rotatable bonds is 4. The third-order valence-corrected chi connectivity index (χ3v) is 3.72. The van der Waals surface area contributed by atoms with Crippen LogP contribution in [0.3, 0.4) is 0 Å².